The number of benzene rings is 2. The van der Waals surface area contributed by atoms with E-state index in [-0.39, 0.29) is 44.6 Å². The lowest BCUT2D eigenvalue weighted by molar-refractivity contribution is 0.0699. The fraction of sp³-hybridized carbons (Fsp3) is 0.364. The maximum Gasteiger partial charge on any atom is 0.337 e. The van der Waals surface area contributed by atoms with Crippen LogP contribution in [0.15, 0.2) is 27.8 Å². The molecule has 1 aliphatic rings. The molecule has 1 aromatic heterocycles. The second kappa shape index (κ2) is 7.99. The van der Waals surface area contributed by atoms with Gasteiger partial charge in [-0.1, -0.05) is 0 Å². The number of nitrogens with one attached hydrogen (secondary N) is 2. The molecule has 0 aliphatic heterocycles. The third-order valence-corrected chi connectivity index (χ3v) is 6.02. The maximum atomic E-state index is 12.5. The Morgan fingerprint density at radius 3 is 2.48 bits per heavy atom. The molecule has 0 bridgehead atoms. The lowest BCUT2D eigenvalue weighted by Gasteiger charge is -2.32. The van der Waals surface area contributed by atoms with E-state index in [2.05, 4.69) is 34.3 Å². The van der Waals surface area contributed by atoms with Gasteiger partial charge in [-0.3, -0.25) is 9.59 Å². The lowest BCUT2D eigenvalue weighted by atomic mass is 9.90. The van der Waals surface area contributed by atoms with Crippen LogP contribution in [0.1, 0.15) is 36.0 Å². The topological polar surface area (TPSA) is 136 Å². The van der Waals surface area contributed by atoms with Crippen LogP contribution in [0.4, 0.5) is 0 Å². The number of hydrogen-bond donors (Lipinski definition) is 4. The van der Waals surface area contributed by atoms with Gasteiger partial charge in [-0.15, -0.1) is 0 Å². The highest BCUT2D eigenvalue weighted by Crippen LogP contribution is 2.21. The Balaban J connectivity index is 1.82. The number of fused-ring (bicyclic) bond motifs is 2. The van der Waals surface area contributed by atoms with Crippen LogP contribution in [0, 0.1) is 0 Å². The minimum atomic E-state index is -1.24. The van der Waals surface area contributed by atoms with Crippen molar-refractivity contribution in [2.24, 2.45) is 0 Å². The molecule has 3 aromatic rings. The van der Waals surface area contributed by atoms with Crippen molar-refractivity contribution in [1.29, 1.82) is 0 Å². The van der Waals surface area contributed by atoms with Crippen molar-refractivity contribution >= 4 is 34.2 Å². The SMILES string of the molecule is CN(C)C1CCC(NC=c2c(O)cc(=O)c3[nH]c4c(C(=O)O)ccc(=O)c4nc23)CC1. The molecule has 1 heterocycles. The smallest absolute Gasteiger partial charge is 0.337 e. The molecular formula is C22H24N4O5. The van der Waals surface area contributed by atoms with Crippen molar-refractivity contribution in [3.63, 3.8) is 0 Å². The number of rotatable bonds is 4. The Hall–Kier alpha value is -3.46. The van der Waals surface area contributed by atoms with Crippen LogP contribution < -0.4 is 21.4 Å². The molecule has 9 nitrogen and oxygen atoms in total. The van der Waals surface area contributed by atoms with Crippen LogP contribution in [0.5, 0.6) is 5.75 Å². The number of carbonyl (C=O) groups is 1. The molecule has 0 saturated heterocycles. The second-order valence-corrected chi connectivity index (χ2v) is 8.19. The fourth-order valence-corrected chi connectivity index (χ4v) is 4.21. The Bertz CT molecular complexity index is 1340. The van der Waals surface area contributed by atoms with Gasteiger partial charge in [-0.25, -0.2) is 9.78 Å². The van der Waals surface area contributed by atoms with E-state index >= 15 is 0 Å². The predicted octanol–water partition coefficient (Wildman–Crippen LogP) is 0.760. The van der Waals surface area contributed by atoms with Crippen LogP contribution in [0.3, 0.4) is 0 Å². The van der Waals surface area contributed by atoms with E-state index in [1.165, 1.54) is 6.07 Å². The number of hydrogen-bond acceptors (Lipinski definition) is 7. The number of nitrogens with zero attached hydrogens (tertiary/aromatic N) is 2. The van der Waals surface area contributed by atoms with Crippen molar-refractivity contribution in [2.45, 2.75) is 37.8 Å². The van der Waals surface area contributed by atoms with Gasteiger partial charge in [0.1, 0.15) is 22.3 Å². The van der Waals surface area contributed by atoms with E-state index in [9.17, 15) is 24.6 Å². The number of phenols is 1. The molecule has 0 unspecified atom stereocenters. The Kier molecular flexibility index (Phi) is 5.36. The molecule has 1 aliphatic carbocycles. The van der Waals surface area contributed by atoms with Gasteiger partial charge in [0.15, 0.2) is 0 Å². The summed E-state index contributed by atoms with van der Waals surface area (Å²) in [5.41, 5.74) is -1.14. The fourth-order valence-electron chi connectivity index (χ4n) is 4.21. The zero-order valence-electron chi connectivity index (χ0n) is 17.3. The summed E-state index contributed by atoms with van der Waals surface area (Å²) >= 11 is 0. The highest BCUT2D eigenvalue weighted by Gasteiger charge is 2.22. The number of aromatic amines is 1. The van der Waals surface area contributed by atoms with Gasteiger partial charge in [0.2, 0.25) is 10.9 Å². The number of carboxylic acid groups (broad SMARTS) is 1. The minimum Gasteiger partial charge on any atom is -0.507 e. The zero-order valence-corrected chi connectivity index (χ0v) is 17.3. The molecule has 0 radical (unpaired) electrons. The average Bonchev–Trinajstić information content (AvgIpc) is 2.73. The van der Waals surface area contributed by atoms with E-state index in [1.807, 2.05) is 0 Å². The van der Waals surface area contributed by atoms with E-state index in [4.69, 9.17) is 0 Å². The summed E-state index contributed by atoms with van der Waals surface area (Å²) < 4.78 is 0. The Morgan fingerprint density at radius 1 is 1.13 bits per heavy atom. The van der Waals surface area contributed by atoms with E-state index in [0.29, 0.717) is 6.04 Å². The molecule has 2 aromatic carbocycles. The van der Waals surface area contributed by atoms with Crippen molar-refractivity contribution in [3.8, 4) is 5.75 Å². The van der Waals surface area contributed by atoms with Gasteiger partial charge in [0, 0.05) is 24.4 Å². The van der Waals surface area contributed by atoms with Gasteiger partial charge in [0.25, 0.3) is 0 Å². The van der Waals surface area contributed by atoms with Crippen LogP contribution in [0.25, 0.3) is 28.3 Å². The molecule has 0 spiro atoms. The van der Waals surface area contributed by atoms with Crippen LogP contribution in [-0.4, -0.2) is 57.2 Å². The first-order valence-corrected chi connectivity index (χ1v) is 10.1. The first kappa shape index (κ1) is 20.8. The molecular weight excluding hydrogens is 400 g/mol. The molecule has 9 heteroatoms. The molecule has 0 atom stereocenters. The third-order valence-electron chi connectivity index (χ3n) is 6.02. The van der Waals surface area contributed by atoms with Gasteiger partial charge in [-0.2, -0.15) is 0 Å². The normalized spacial score (nSPS) is 19.9. The number of phenolic OH excluding ortho intramolecular Hbond substituents is 1. The Morgan fingerprint density at radius 2 is 1.84 bits per heavy atom. The van der Waals surface area contributed by atoms with Crippen LogP contribution in [0.2, 0.25) is 0 Å². The summed E-state index contributed by atoms with van der Waals surface area (Å²) in [6.45, 7) is 0. The molecule has 162 valence electrons. The second-order valence-electron chi connectivity index (χ2n) is 8.19. The van der Waals surface area contributed by atoms with Gasteiger partial charge >= 0.3 is 5.97 Å². The number of carboxylic acids is 1. The molecule has 4 N–H and O–H groups in total. The van der Waals surface area contributed by atoms with Crippen LogP contribution in [-0.2, 0) is 0 Å². The summed E-state index contributed by atoms with van der Waals surface area (Å²) in [7, 11) is 4.15. The van der Waals surface area contributed by atoms with E-state index in [0.717, 1.165) is 37.8 Å². The summed E-state index contributed by atoms with van der Waals surface area (Å²) in [6, 6.07) is 4.14. The molecule has 4 rings (SSSR count). The summed E-state index contributed by atoms with van der Waals surface area (Å²) in [4.78, 5) is 45.6. The first-order valence-electron chi connectivity index (χ1n) is 10.1. The Labute approximate surface area is 177 Å². The van der Waals surface area contributed by atoms with Crippen molar-refractivity contribution in [1.82, 2.24) is 20.2 Å². The highest BCUT2D eigenvalue weighted by atomic mass is 16.4. The number of H-pyrrole nitrogens is 1. The zero-order chi connectivity index (χ0) is 22.3. The van der Waals surface area contributed by atoms with E-state index < -0.39 is 16.8 Å². The minimum absolute atomic E-state index is 0.0174. The first-order chi connectivity index (χ1) is 14.8. The monoisotopic (exact) mass is 424 g/mol. The maximum absolute atomic E-state index is 12.5. The van der Waals surface area contributed by atoms with Crippen molar-refractivity contribution < 1.29 is 15.0 Å². The lowest BCUT2D eigenvalue weighted by Crippen LogP contribution is -2.38. The standard InChI is InChI=1S/C22H24N4O5/c1-26(2)12-5-3-11(4-6-12)23-10-14-16(28)9-17(29)21-19(14)25-20-15(27)8-7-13(22(30)31)18(20)24-21/h7-12,23-24,28H,3-6H2,1-2H3,(H,30,31). The van der Waals surface area contributed by atoms with Crippen molar-refractivity contribution in [3.05, 3.63) is 49.4 Å². The summed E-state index contributed by atoms with van der Waals surface area (Å²) in [5.74, 6) is -1.50. The third kappa shape index (κ3) is 3.84. The molecule has 0 amide bonds. The predicted molar refractivity (Wildman–Crippen MR) is 117 cm³/mol. The number of aromatic hydroxyl groups is 1. The summed E-state index contributed by atoms with van der Waals surface area (Å²) in [5, 5.41) is 23.4. The summed E-state index contributed by atoms with van der Waals surface area (Å²) in [6.07, 6.45) is 5.66. The quantitative estimate of drug-likeness (QED) is 0.451. The van der Waals surface area contributed by atoms with Gasteiger partial charge < -0.3 is 25.4 Å². The number of aromatic nitrogens is 2. The molecule has 1 saturated carbocycles. The molecule has 31 heavy (non-hydrogen) atoms. The largest absolute Gasteiger partial charge is 0.507 e. The van der Waals surface area contributed by atoms with Crippen LogP contribution >= 0.6 is 0 Å². The van der Waals surface area contributed by atoms with Gasteiger partial charge in [0.05, 0.1) is 16.3 Å². The highest BCUT2D eigenvalue weighted by molar-refractivity contribution is 6.02. The molecule has 1 fully saturated rings. The average molecular weight is 424 g/mol. The van der Waals surface area contributed by atoms with E-state index in [1.54, 1.807) is 6.20 Å². The number of aromatic carboxylic acids is 1. The van der Waals surface area contributed by atoms with Crippen molar-refractivity contribution in [2.75, 3.05) is 14.1 Å². The van der Waals surface area contributed by atoms with Gasteiger partial charge in [-0.05, 0) is 51.9 Å².